The number of amides is 1. The Morgan fingerprint density at radius 1 is 1.22 bits per heavy atom. The number of para-hydroxylation sites is 1. The summed E-state index contributed by atoms with van der Waals surface area (Å²) in [6.45, 7) is 9.81. The lowest BCUT2D eigenvalue weighted by molar-refractivity contribution is -0.142. The summed E-state index contributed by atoms with van der Waals surface area (Å²) >= 11 is 0. The highest BCUT2D eigenvalue weighted by Crippen LogP contribution is 2.27. The first-order valence-electron chi connectivity index (χ1n) is 9.06. The zero-order valence-electron chi connectivity index (χ0n) is 16.1. The number of carbonyl (C=O) groups is 1. The number of carbonyl (C=O) groups excluding carboxylic acids is 1. The van der Waals surface area contributed by atoms with Crippen molar-refractivity contribution >= 4 is 11.7 Å². The second-order valence-electron chi connectivity index (χ2n) is 7.79. The van der Waals surface area contributed by atoms with E-state index in [4.69, 9.17) is 4.74 Å². The number of aromatic nitrogens is 2. The number of benzene rings is 1. The third-order valence-corrected chi connectivity index (χ3v) is 4.53. The maximum atomic E-state index is 13.8. The molecule has 1 aliphatic heterocycles. The van der Waals surface area contributed by atoms with Crippen LogP contribution >= 0.6 is 0 Å². The third-order valence-electron chi connectivity index (χ3n) is 4.53. The van der Waals surface area contributed by atoms with Crippen LogP contribution in [0.4, 0.5) is 10.2 Å². The smallest absolute Gasteiger partial charge is 0.228 e. The predicted molar refractivity (Wildman–Crippen MR) is 101 cm³/mol. The van der Waals surface area contributed by atoms with Gasteiger partial charge >= 0.3 is 0 Å². The molecule has 0 N–H and O–H groups in total. The van der Waals surface area contributed by atoms with Gasteiger partial charge in [0.1, 0.15) is 12.1 Å². The van der Waals surface area contributed by atoms with E-state index >= 15 is 0 Å². The molecule has 1 aromatic heterocycles. The lowest BCUT2D eigenvalue weighted by Crippen LogP contribution is -2.56. The number of nitrogens with zero attached hydrogens (tertiary/aromatic N) is 4. The fraction of sp³-hybridized carbons (Fsp3) is 0.450. The lowest BCUT2D eigenvalue weighted by Gasteiger charge is -2.42. The van der Waals surface area contributed by atoms with E-state index < -0.39 is 11.2 Å². The normalized spacial score (nSPS) is 17.7. The molecule has 7 heteroatoms. The van der Waals surface area contributed by atoms with Crippen molar-refractivity contribution in [1.82, 2.24) is 14.9 Å². The number of piperazine rings is 1. The van der Waals surface area contributed by atoms with Crippen molar-refractivity contribution in [2.75, 3.05) is 24.5 Å². The maximum Gasteiger partial charge on any atom is 0.228 e. The van der Waals surface area contributed by atoms with E-state index in [-0.39, 0.29) is 23.6 Å². The third kappa shape index (κ3) is 4.35. The number of ether oxygens (including phenoxy) is 1. The summed E-state index contributed by atoms with van der Waals surface area (Å²) in [5.74, 6) is 0.814. The SMILES string of the molecule is C[C@@H]1CN(c2cc(Oc3ccccc3F)ncn2)CCN1C(=O)C(C)(C)C. The molecule has 0 saturated carbocycles. The monoisotopic (exact) mass is 372 g/mol. The van der Waals surface area contributed by atoms with E-state index in [1.165, 1.54) is 12.4 Å². The number of anilines is 1. The van der Waals surface area contributed by atoms with Crippen LogP contribution in [0.1, 0.15) is 27.7 Å². The average Bonchev–Trinajstić information content (AvgIpc) is 2.62. The topological polar surface area (TPSA) is 58.6 Å². The van der Waals surface area contributed by atoms with Gasteiger partial charge in [-0.25, -0.2) is 14.4 Å². The van der Waals surface area contributed by atoms with Crippen LogP contribution in [0.25, 0.3) is 0 Å². The Morgan fingerprint density at radius 2 is 1.96 bits per heavy atom. The summed E-state index contributed by atoms with van der Waals surface area (Å²) in [4.78, 5) is 25.0. The Balaban J connectivity index is 1.71. The minimum Gasteiger partial charge on any atom is -0.436 e. The van der Waals surface area contributed by atoms with E-state index in [0.717, 1.165) is 0 Å². The molecule has 0 spiro atoms. The van der Waals surface area contributed by atoms with Gasteiger partial charge in [0.15, 0.2) is 11.6 Å². The molecule has 0 bridgehead atoms. The van der Waals surface area contributed by atoms with Gasteiger partial charge in [-0.3, -0.25) is 4.79 Å². The van der Waals surface area contributed by atoms with Gasteiger partial charge in [-0.2, -0.15) is 0 Å². The zero-order valence-corrected chi connectivity index (χ0v) is 16.1. The van der Waals surface area contributed by atoms with Crippen LogP contribution < -0.4 is 9.64 Å². The Hall–Kier alpha value is -2.70. The van der Waals surface area contributed by atoms with Crippen LogP contribution in [0.2, 0.25) is 0 Å². The molecule has 1 aromatic carbocycles. The molecule has 1 saturated heterocycles. The van der Waals surface area contributed by atoms with Gasteiger partial charge in [0.05, 0.1) is 0 Å². The molecule has 1 atom stereocenters. The first kappa shape index (κ1) is 19.1. The van der Waals surface area contributed by atoms with Crippen LogP contribution in [-0.2, 0) is 4.79 Å². The van der Waals surface area contributed by atoms with Crippen LogP contribution in [0, 0.1) is 11.2 Å². The summed E-state index contributed by atoms with van der Waals surface area (Å²) < 4.78 is 19.3. The van der Waals surface area contributed by atoms with Crippen molar-refractivity contribution in [3.63, 3.8) is 0 Å². The largest absolute Gasteiger partial charge is 0.436 e. The average molecular weight is 372 g/mol. The molecule has 144 valence electrons. The van der Waals surface area contributed by atoms with E-state index in [1.807, 2.05) is 32.6 Å². The fourth-order valence-corrected chi connectivity index (χ4v) is 3.10. The number of hydrogen-bond donors (Lipinski definition) is 0. The molecule has 1 fully saturated rings. The quantitative estimate of drug-likeness (QED) is 0.825. The summed E-state index contributed by atoms with van der Waals surface area (Å²) in [7, 11) is 0. The van der Waals surface area contributed by atoms with Crippen molar-refractivity contribution in [3.8, 4) is 11.6 Å². The number of rotatable bonds is 3. The molecule has 2 aromatic rings. The molecule has 2 heterocycles. The van der Waals surface area contributed by atoms with E-state index in [9.17, 15) is 9.18 Å². The first-order valence-corrected chi connectivity index (χ1v) is 9.06. The van der Waals surface area contributed by atoms with Crippen molar-refractivity contribution in [3.05, 3.63) is 42.5 Å². The summed E-state index contributed by atoms with van der Waals surface area (Å²) in [5.41, 5.74) is -0.397. The molecule has 6 nitrogen and oxygen atoms in total. The Kier molecular flexibility index (Phi) is 5.30. The molecule has 3 rings (SSSR count). The molecular formula is C20H25FN4O2. The van der Waals surface area contributed by atoms with E-state index in [2.05, 4.69) is 14.9 Å². The highest BCUT2D eigenvalue weighted by Gasteiger charge is 2.34. The van der Waals surface area contributed by atoms with E-state index in [1.54, 1.807) is 24.3 Å². The van der Waals surface area contributed by atoms with Crippen LogP contribution in [0.5, 0.6) is 11.6 Å². The van der Waals surface area contributed by atoms with Gasteiger partial charge in [-0.05, 0) is 19.1 Å². The predicted octanol–water partition coefficient (Wildman–Crippen LogP) is 3.49. The highest BCUT2D eigenvalue weighted by molar-refractivity contribution is 5.82. The van der Waals surface area contributed by atoms with Gasteiger partial charge < -0.3 is 14.5 Å². The van der Waals surface area contributed by atoms with Crippen molar-refractivity contribution < 1.29 is 13.9 Å². The molecule has 27 heavy (non-hydrogen) atoms. The molecular weight excluding hydrogens is 347 g/mol. The van der Waals surface area contributed by atoms with Gasteiger partial charge in [0, 0.05) is 37.2 Å². The zero-order chi connectivity index (χ0) is 19.6. The number of hydrogen-bond acceptors (Lipinski definition) is 5. The highest BCUT2D eigenvalue weighted by atomic mass is 19.1. The Bertz CT molecular complexity index is 822. The van der Waals surface area contributed by atoms with Gasteiger partial charge in [-0.1, -0.05) is 32.9 Å². The molecule has 1 aliphatic rings. The number of halogens is 1. The van der Waals surface area contributed by atoms with Crippen LogP contribution in [0.15, 0.2) is 36.7 Å². The minimum absolute atomic E-state index is 0.0661. The van der Waals surface area contributed by atoms with Crippen molar-refractivity contribution in [1.29, 1.82) is 0 Å². The summed E-state index contributed by atoms with van der Waals surface area (Å²) in [6, 6.07) is 7.96. The Morgan fingerprint density at radius 3 is 2.63 bits per heavy atom. The fourth-order valence-electron chi connectivity index (χ4n) is 3.10. The second-order valence-corrected chi connectivity index (χ2v) is 7.79. The maximum absolute atomic E-state index is 13.8. The minimum atomic E-state index is -0.444. The van der Waals surface area contributed by atoms with Gasteiger partial charge in [0.25, 0.3) is 0 Å². The molecule has 1 amide bonds. The standard InChI is InChI=1S/C20H25FN4O2/c1-14-12-24(9-10-25(14)19(26)20(2,3)4)17-11-18(23-13-22-17)27-16-8-6-5-7-15(16)21/h5-8,11,13-14H,9-10,12H2,1-4H3/t14-/m1/s1. The van der Waals surface area contributed by atoms with Gasteiger partial charge in [-0.15, -0.1) is 0 Å². The molecule has 0 radical (unpaired) electrons. The summed E-state index contributed by atoms with van der Waals surface area (Å²) in [6.07, 6.45) is 1.41. The lowest BCUT2D eigenvalue weighted by atomic mass is 9.93. The molecule has 0 unspecified atom stereocenters. The van der Waals surface area contributed by atoms with Crippen molar-refractivity contribution in [2.24, 2.45) is 5.41 Å². The van der Waals surface area contributed by atoms with Crippen molar-refractivity contribution in [2.45, 2.75) is 33.7 Å². The van der Waals surface area contributed by atoms with Gasteiger partial charge in [0.2, 0.25) is 11.8 Å². The van der Waals surface area contributed by atoms with E-state index in [0.29, 0.717) is 25.5 Å². The van der Waals surface area contributed by atoms with Crippen LogP contribution in [0.3, 0.4) is 0 Å². The first-order chi connectivity index (χ1) is 12.8. The second kappa shape index (κ2) is 7.50. The van der Waals surface area contributed by atoms with Crippen LogP contribution in [-0.4, -0.2) is 46.5 Å². The Labute approximate surface area is 159 Å². The summed E-state index contributed by atoms with van der Waals surface area (Å²) in [5, 5.41) is 0. The molecule has 0 aliphatic carbocycles.